The maximum absolute atomic E-state index is 11.6. The van der Waals surface area contributed by atoms with E-state index >= 15 is 0 Å². The number of carbonyl (C=O) groups excluding carboxylic acids is 1. The molecule has 0 bridgehead atoms. The van der Waals surface area contributed by atoms with Gasteiger partial charge in [0.15, 0.2) is 0 Å². The van der Waals surface area contributed by atoms with Crippen LogP contribution in [0.3, 0.4) is 0 Å². The van der Waals surface area contributed by atoms with Gasteiger partial charge in [0.2, 0.25) is 5.91 Å². The van der Waals surface area contributed by atoms with Crippen molar-refractivity contribution >= 4 is 29.6 Å². The fourth-order valence-electron chi connectivity index (χ4n) is 2.54. The fourth-order valence-corrected chi connectivity index (χ4v) is 3.74. The van der Waals surface area contributed by atoms with Crippen molar-refractivity contribution in [3.05, 3.63) is 66.2 Å². The van der Waals surface area contributed by atoms with Gasteiger partial charge in [-0.25, -0.2) is 5.48 Å². The Labute approximate surface area is 133 Å². The average molecular weight is 312 g/mol. The van der Waals surface area contributed by atoms with Crippen LogP contribution in [0, 0.1) is 0 Å². The second-order valence-electron chi connectivity index (χ2n) is 5.01. The lowest BCUT2D eigenvalue weighted by Gasteiger charge is -2.25. The van der Waals surface area contributed by atoms with E-state index < -0.39 is 5.91 Å². The van der Waals surface area contributed by atoms with Crippen molar-refractivity contribution in [1.29, 1.82) is 0 Å². The van der Waals surface area contributed by atoms with E-state index in [0.29, 0.717) is 0 Å². The molecule has 1 atom stereocenters. The zero-order valence-corrected chi connectivity index (χ0v) is 12.7. The molecule has 0 radical (unpaired) electrons. The van der Waals surface area contributed by atoms with Crippen LogP contribution < -0.4 is 9.79 Å². The highest BCUT2D eigenvalue weighted by Gasteiger charge is 2.33. The number of benzene rings is 2. The molecule has 112 valence electrons. The fraction of sp³-hybridized carbons (Fsp3) is 0.118. The second-order valence-corrected chi connectivity index (χ2v) is 6.02. The van der Waals surface area contributed by atoms with Crippen LogP contribution in [0.4, 0.5) is 5.69 Å². The quantitative estimate of drug-likeness (QED) is 0.512. The summed E-state index contributed by atoms with van der Waals surface area (Å²) < 4.78 is 2.10. The molecular formula is C17H16N2O2S. The number of carbonyl (C=O) groups is 1. The summed E-state index contributed by atoms with van der Waals surface area (Å²) in [6.07, 6.45) is 2.00. The van der Waals surface area contributed by atoms with Crippen LogP contribution in [0.2, 0.25) is 0 Å². The Bertz CT molecular complexity index is 700. The highest BCUT2D eigenvalue weighted by atomic mass is 32.2. The third kappa shape index (κ3) is 2.73. The first-order valence-corrected chi connectivity index (χ1v) is 7.72. The molecule has 22 heavy (non-hydrogen) atoms. The van der Waals surface area contributed by atoms with Gasteiger partial charge in [-0.05, 0) is 41.3 Å². The summed E-state index contributed by atoms with van der Waals surface area (Å²) in [6.45, 7) is 3.76. The van der Waals surface area contributed by atoms with Crippen molar-refractivity contribution in [2.24, 2.45) is 0 Å². The van der Waals surface area contributed by atoms with Crippen LogP contribution >= 0.6 is 11.9 Å². The molecule has 1 unspecified atom stereocenters. The largest absolute Gasteiger partial charge is 0.304 e. The first-order chi connectivity index (χ1) is 10.7. The van der Waals surface area contributed by atoms with E-state index in [1.54, 1.807) is 23.5 Å². The maximum Gasteiger partial charge on any atom is 0.245 e. The zero-order valence-electron chi connectivity index (χ0n) is 11.9. The minimum atomic E-state index is -0.394. The minimum Gasteiger partial charge on any atom is -0.304 e. The number of hydrogen-bond donors (Lipinski definition) is 2. The highest BCUT2D eigenvalue weighted by Crippen LogP contribution is 2.48. The second kappa shape index (κ2) is 6.25. The van der Waals surface area contributed by atoms with Gasteiger partial charge in [-0.1, -0.05) is 43.0 Å². The SMILES string of the molecule is C=Cc1ccc(N2Sc3ccccc3C2CC(=O)NO)cc1. The number of rotatable bonds is 4. The van der Waals surface area contributed by atoms with Crippen molar-refractivity contribution in [2.45, 2.75) is 17.4 Å². The average Bonchev–Trinajstić information content (AvgIpc) is 2.93. The summed E-state index contributed by atoms with van der Waals surface area (Å²) in [4.78, 5) is 12.8. The van der Waals surface area contributed by atoms with Crippen LogP contribution in [0.5, 0.6) is 0 Å². The Morgan fingerprint density at radius 3 is 2.68 bits per heavy atom. The molecule has 0 aliphatic carbocycles. The van der Waals surface area contributed by atoms with Gasteiger partial charge in [0.25, 0.3) is 0 Å². The van der Waals surface area contributed by atoms with Gasteiger partial charge in [-0.3, -0.25) is 10.0 Å². The summed E-state index contributed by atoms with van der Waals surface area (Å²) in [5.41, 5.74) is 4.89. The Hall–Kier alpha value is -2.24. The lowest BCUT2D eigenvalue weighted by molar-refractivity contribution is -0.129. The Morgan fingerprint density at radius 1 is 1.27 bits per heavy atom. The predicted octanol–water partition coefficient (Wildman–Crippen LogP) is 3.79. The van der Waals surface area contributed by atoms with Gasteiger partial charge in [-0.2, -0.15) is 0 Å². The number of fused-ring (bicyclic) bond motifs is 1. The first-order valence-electron chi connectivity index (χ1n) is 6.94. The zero-order chi connectivity index (χ0) is 15.5. The molecule has 4 nitrogen and oxygen atoms in total. The van der Waals surface area contributed by atoms with Gasteiger partial charge in [0.05, 0.1) is 12.5 Å². The summed E-state index contributed by atoms with van der Waals surface area (Å²) in [7, 11) is 0. The van der Waals surface area contributed by atoms with Gasteiger partial charge in [0.1, 0.15) is 0 Å². The molecule has 1 aliphatic rings. The molecule has 5 heteroatoms. The Kier molecular flexibility index (Phi) is 4.18. The standard InChI is InChI=1S/C17H16N2O2S/c1-2-12-7-9-13(10-8-12)19-15(11-17(20)18-21)14-5-3-4-6-16(14)22-19/h2-10,15,21H,1,11H2,(H,18,20). The molecule has 2 aromatic rings. The summed E-state index contributed by atoms with van der Waals surface area (Å²) in [5.74, 6) is -0.394. The first kappa shape index (κ1) is 14.7. The summed E-state index contributed by atoms with van der Waals surface area (Å²) in [5, 5.41) is 8.83. The van der Waals surface area contributed by atoms with Crippen molar-refractivity contribution in [2.75, 3.05) is 4.31 Å². The van der Waals surface area contributed by atoms with E-state index in [0.717, 1.165) is 21.7 Å². The molecule has 2 aromatic carbocycles. The molecule has 1 heterocycles. The third-order valence-electron chi connectivity index (χ3n) is 3.64. The molecule has 0 spiro atoms. The van der Waals surface area contributed by atoms with E-state index in [-0.39, 0.29) is 12.5 Å². The number of hydrogen-bond acceptors (Lipinski definition) is 4. The summed E-state index contributed by atoms with van der Waals surface area (Å²) in [6, 6.07) is 15.9. The number of hydroxylamine groups is 1. The molecule has 0 saturated heterocycles. The number of nitrogens with zero attached hydrogens (tertiary/aromatic N) is 1. The van der Waals surface area contributed by atoms with E-state index in [4.69, 9.17) is 5.21 Å². The van der Waals surface area contributed by atoms with E-state index in [1.165, 1.54) is 0 Å². The van der Waals surface area contributed by atoms with Crippen LogP contribution in [-0.4, -0.2) is 11.1 Å². The van der Waals surface area contributed by atoms with Gasteiger partial charge in [0, 0.05) is 10.6 Å². The maximum atomic E-state index is 11.6. The smallest absolute Gasteiger partial charge is 0.245 e. The molecule has 1 aliphatic heterocycles. The lowest BCUT2D eigenvalue weighted by Crippen LogP contribution is -2.26. The molecule has 0 saturated carbocycles. The third-order valence-corrected chi connectivity index (χ3v) is 4.87. The lowest BCUT2D eigenvalue weighted by atomic mass is 10.0. The normalized spacial score (nSPS) is 16.2. The van der Waals surface area contributed by atoms with Crippen LogP contribution in [-0.2, 0) is 4.79 Å². The number of nitrogens with one attached hydrogen (secondary N) is 1. The predicted molar refractivity (Wildman–Crippen MR) is 88.6 cm³/mol. The van der Waals surface area contributed by atoms with Crippen molar-refractivity contribution in [1.82, 2.24) is 5.48 Å². The van der Waals surface area contributed by atoms with Crippen LogP contribution in [0.25, 0.3) is 6.08 Å². The van der Waals surface area contributed by atoms with Crippen LogP contribution in [0.15, 0.2) is 60.0 Å². The monoisotopic (exact) mass is 312 g/mol. The highest BCUT2D eigenvalue weighted by molar-refractivity contribution is 8.01. The molecule has 3 rings (SSSR count). The molecule has 0 aromatic heterocycles. The Morgan fingerprint density at radius 2 is 2.00 bits per heavy atom. The number of anilines is 1. The van der Waals surface area contributed by atoms with Gasteiger partial charge < -0.3 is 4.31 Å². The molecule has 1 amide bonds. The van der Waals surface area contributed by atoms with E-state index in [1.807, 2.05) is 48.5 Å². The molecule has 0 fully saturated rings. The van der Waals surface area contributed by atoms with Crippen molar-refractivity contribution in [3.63, 3.8) is 0 Å². The number of amides is 1. The topological polar surface area (TPSA) is 52.6 Å². The molecular weight excluding hydrogens is 296 g/mol. The Balaban J connectivity index is 1.95. The van der Waals surface area contributed by atoms with E-state index in [9.17, 15) is 4.79 Å². The summed E-state index contributed by atoms with van der Waals surface area (Å²) >= 11 is 1.61. The van der Waals surface area contributed by atoms with Gasteiger partial charge in [-0.15, -0.1) is 0 Å². The van der Waals surface area contributed by atoms with E-state index in [2.05, 4.69) is 10.9 Å². The van der Waals surface area contributed by atoms with Crippen LogP contribution in [0.1, 0.15) is 23.6 Å². The van der Waals surface area contributed by atoms with Crippen molar-refractivity contribution in [3.8, 4) is 0 Å². The molecule has 2 N–H and O–H groups in total. The van der Waals surface area contributed by atoms with Crippen molar-refractivity contribution < 1.29 is 10.0 Å². The van der Waals surface area contributed by atoms with Gasteiger partial charge >= 0.3 is 0 Å². The minimum absolute atomic E-state index is 0.108.